The lowest BCUT2D eigenvalue weighted by Crippen LogP contribution is -2.69. The van der Waals surface area contributed by atoms with Gasteiger partial charge in [-0.2, -0.15) is 0 Å². The number of hydrogen-bond acceptors (Lipinski definition) is 31. The van der Waals surface area contributed by atoms with Crippen molar-refractivity contribution in [1.82, 2.24) is 0 Å². The fraction of sp³-hybridized carbons (Fsp3) is 0.545. The smallest absolute Gasteiger partial charge is 0.338 e. The van der Waals surface area contributed by atoms with Gasteiger partial charge in [0.25, 0.3) is 0 Å². The lowest BCUT2D eigenvalue weighted by atomic mass is 9.95. The highest BCUT2D eigenvalue weighted by Crippen LogP contribution is 2.42. The van der Waals surface area contributed by atoms with Gasteiger partial charge in [-0.05, 0) is 59.7 Å². The molecule has 24 atom stereocenters. The summed E-state index contributed by atoms with van der Waals surface area (Å²) in [6.07, 6.45) is -44.3. The molecule has 5 saturated heterocycles. The molecule has 3 aromatic carbocycles. The second-order valence-electron chi connectivity index (χ2n) is 20.4. The van der Waals surface area contributed by atoms with Crippen LogP contribution in [0, 0.1) is 0 Å². The Labute approximate surface area is 487 Å². The third-order valence-electron chi connectivity index (χ3n) is 14.7. The molecule has 474 valence electrons. The van der Waals surface area contributed by atoms with Crippen LogP contribution in [0.1, 0.15) is 21.5 Å². The third-order valence-corrected chi connectivity index (χ3v) is 14.7. The maximum Gasteiger partial charge on any atom is 0.338 e. The second kappa shape index (κ2) is 29.5. The van der Waals surface area contributed by atoms with Gasteiger partial charge in [-0.15, -0.1) is 0 Å². The van der Waals surface area contributed by atoms with Crippen LogP contribution in [0.3, 0.4) is 0 Å². The van der Waals surface area contributed by atoms with E-state index in [1.54, 1.807) is 6.07 Å². The Balaban J connectivity index is 1.25. The van der Waals surface area contributed by atoms with Crippen molar-refractivity contribution < 1.29 is 153 Å². The summed E-state index contributed by atoms with van der Waals surface area (Å²) in [5.74, 6) is -6.80. The third kappa shape index (κ3) is 15.0. The Bertz CT molecular complexity index is 2720. The van der Waals surface area contributed by atoms with E-state index in [1.807, 2.05) is 0 Å². The van der Waals surface area contributed by atoms with Crippen LogP contribution in [0.25, 0.3) is 12.2 Å². The molecule has 5 aliphatic heterocycles. The van der Waals surface area contributed by atoms with Crippen molar-refractivity contribution in [2.75, 3.05) is 39.6 Å². The largest absolute Gasteiger partial charge is 0.508 e. The van der Waals surface area contributed by atoms with Crippen molar-refractivity contribution in [1.29, 1.82) is 0 Å². The highest BCUT2D eigenvalue weighted by molar-refractivity contribution is 5.90. The van der Waals surface area contributed by atoms with Crippen LogP contribution in [0.2, 0.25) is 0 Å². The van der Waals surface area contributed by atoms with Gasteiger partial charge in [0.1, 0.15) is 122 Å². The van der Waals surface area contributed by atoms with Crippen LogP contribution in [0.15, 0.2) is 91.0 Å². The number of aromatic hydroxyl groups is 2. The van der Waals surface area contributed by atoms with Gasteiger partial charge in [0, 0.05) is 12.2 Å². The molecule has 31 nitrogen and oxygen atoms in total. The fourth-order valence-corrected chi connectivity index (χ4v) is 9.96. The fourth-order valence-electron chi connectivity index (χ4n) is 9.96. The lowest BCUT2D eigenvalue weighted by molar-refractivity contribution is -0.423. The molecule has 0 aliphatic carbocycles. The number of carbonyl (C=O) groups excluding carboxylic acids is 3. The van der Waals surface area contributed by atoms with E-state index in [-0.39, 0.29) is 17.1 Å². The number of ether oxygens (including phenoxy) is 12. The molecule has 0 aromatic heterocycles. The first-order valence-corrected chi connectivity index (χ1v) is 26.8. The quantitative estimate of drug-likeness (QED) is 0.0253. The zero-order chi connectivity index (χ0) is 62.1. The van der Waals surface area contributed by atoms with Crippen LogP contribution in [0.4, 0.5) is 0 Å². The molecule has 5 aliphatic rings. The summed E-state index contributed by atoms with van der Waals surface area (Å²) in [5, 5.41) is 173. The molecule has 5 heterocycles. The average Bonchev–Trinajstić information content (AvgIpc) is 1.78. The normalized spacial score (nSPS) is 38.4. The summed E-state index contributed by atoms with van der Waals surface area (Å²) in [5.41, 5.74) is 0.574. The Morgan fingerprint density at radius 3 is 1.41 bits per heavy atom. The van der Waals surface area contributed by atoms with Gasteiger partial charge >= 0.3 is 17.9 Å². The monoisotopic (exact) mass is 1220 g/mol. The molecular weight excluding hydrogens is 1160 g/mol. The molecule has 16 N–H and O–H groups in total. The molecule has 0 unspecified atom stereocenters. The number of benzene rings is 3. The van der Waals surface area contributed by atoms with E-state index in [4.69, 9.17) is 56.8 Å². The summed E-state index contributed by atoms with van der Waals surface area (Å²) >= 11 is 0. The first-order valence-electron chi connectivity index (χ1n) is 26.8. The van der Waals surface area contributed by atoms with E-state index in [0.717, 1.165) is 12.2 Å². The molecule has 0 radical (unpaired) electrons. The van der Waals surface area contributed by atoms with Gasteiger partial charge in [-0.1, -0.05) is 42.5 Å². The Morgan fingerprint density at radius 1 is 0.442 bits per heavy atom. The van der Waals surface area contributed by atoms with Gasteiger partial charge in [-0.3, -0.25) is 0 Å². The SMILES string of the molecule is O=C(/C=C/c1ccc(O)cc1)OC[C@@]1(O[C@H]2O[C@H](CO)[C@@H](OC(=O)/C=C/c3ccc(O)cc3)[C@H](O[C@@H]3O[C@H](CO)[C@@H](O)[C@H](O[C@@H]4O[C@H](CO)[C@@H](O)[C@H](O)[C@H]4O)[C@H]3O)[C@H]2O[C@@H]2O[C@H](CO)[C@@H](O)[C@H](O)[C@H]2O)O[C@H](CO)[C@@H](O)[C@@H]1OC(=O)c1ccccc1. The van der Waals surface area contributed by atoms with Crippen LogP contribution >= 0.6 is 0 Å². The molecule has 5 fully saturated rings. The molecule has 0 spiro atoms. The predicted octanol–water partition coefficient (Wildman–Crippen LogP) is -6.12. The number of aliphatic hydroxyl groups is 14. The topological polar surface area (TPSA) is 486 Å². The van der Waals surface area contributed by atoms with Gasteiger partial charge in [-0.25, -0.2) is 14.4 Å². The van der Waals surface area contributed by atoms with E-state index in [1.165, 1.54) is 84.9 Å². The lowest BCUT2D eigenvalue weighted by Gasteiger charge is -2.51. The minimum Gasteiger partial charge on any atom is -0.508 e. The maximum atomic E-state index is 14.0. The van der Waals surface area contributed by atoms with E-state index in [2.05, 4.69) is 0 Å². The molecule has 3 aromatic rings. The van der Waals surface area contributed by atoms with Crippen molar-refractivity contribution in [3.8, 4) is 11.5 Å². The zero-order valence-electron chi connectivity index (χ0n) is 45.1. The van der Waals surface area contributed by atoms with E-state index >= 15 is 0 Å². The van der Waals surface area contributed by atoms with Crippen molar-refractivity contribution >= 4 is 30.1 Å². The number of rotatable bonds is 22. The van der Waals surface area contributed by atoms with Crippen molar-refractivity contribution in [2.24, 2.45) is 0 Å². The van der Waals surface area contributed by atoms with Gasteiger partial charge in [0.15, 0.2) is 37.4 Å². The number of phenolic OH excluding ortho intramolecular Hbond substituents is 2. The van der Waals surface area contributed by atoms with Gasteiger partial charge in [0.05, 0.1) is 38.6 Å². The minimum absolute atomic E-state index is 0.0994. The summed E-state index contributed by atoms with van der Waals surface area (Å²) in [7, 11) is 0. The highest BCUT2D eigenvalue weighted by Gasteiger charge is 2.64. The van der Waals surface area contributed by atoms with E-state index in [0.29, 0.717) is 11.1 Å². The standard InChI is InChI=1S/C55H68O31/c56-18-29-36(65)40(69)42(71)51(76-29)81-46-38(67)31(20-58)78-53(44(46)73)82-47-45(80-35(64)17-11-25-8-14-28(62)15-9-25)33(22-60)79-54(48(47)83-52-43(72)41(70)37(66)30(19-57)77-52)86-55(23-75-34(63)16-10-24-6-12-27(61)13-7-24)49(39(68)32(21-59)85-55)84-50(74)26-4-2-1-3-5-26/h1-17,29-33,36-49,51-54,56-62,65-73H,18-23H2/b16-10+,17-11+/t29-,30-,31-,32-,33-,36-,37-,38-,39-,40+,41+,42-,43-,44-,45-,46+,47+,48-,49+,51+,52+,53+,54-,55+/m1/s1. The maximum absolute atomic E-state index is 14.0. The molecular formula is C55H68O31. The molecule has 0 amide bonds. The molecule has 0 bridgehead atoms. The van der Waals surface area contributed by atoms with Crippen LogP contribution < -0.4 is 0 Å². The number of hydrogen-bond donors (Lipinski definition) is 16. The summed E-state index contributed by atoms with van der Waals surface area (Å²) in [4.78, 5) is 41.6. The van der Waals surface area contributed by atoms with Crippen molar-refractivity contribution in [3.63, 3.8) is 0 Å². The minimum atomic E-state index is -2.95. The van der Waals surface area contributed by atoms with E-state index in [9.17, 15) is 96.1 Å². The molecule has 31 heteroatoms. The zero-order valence-corrected chi connectivity index (χ0v) is 45.1. The number of aliphatic hydroxyl groups excluding tert-OH is 14. The second-order valence-corrected chi connectivity index (χ2v) is 20.4. The first kappa shape index (κ1) is 66.2. The summed E-state index contributed by atoms with van der Waals surface area (Å²) in [6, 6.07) is 18.0. The predicted molar refractivity (Wildman–Crippen MR) is 278 cm³/mol. The van der Waals surface area contributed by atoms with Crippen molar-refractivity contribution in [2.45, 2.75) is 147 Å². The van der Waals surface area contributed by atoms with Gasteiger partial charge in [0.2, 0.25) is 5.79 Å². The van der Waals surface area contributed by atoms with Crippen LogP contribution in [-0.4, -0.2) is 286 Å². The van der Waals surface area contributed by atoms with Crippen LogP contribution in [0.5, 0.6) is 11.5 Å². The van der Waals surface area contributed by atoms with Gasteiger partial charge < -0.3 is 139 Å². The number of phenols is 2. The number of carbonyl (C=O) groups is 3. The Morgan fingerprint density at radius 2 is 0.895 bits per heavy atom. The first-order chi connectivity index (χ1) is 41.1. The molecule has 86 heavy (non-hydrogen) atoms. The van der Waals surface area contributed by atoms with Crippen LogP contribution in [-0.2, 0) is 66.4 Å². The van der Waals surface area contributed by atoms with E-state index < -0.39 is 204 Å². The Kier molecular flexibility index (Phi) is 22.7. The molecule has 0 saturated carbocycles. The average molecular weight is 1230 g/mol. The summed E-state index contributed by atoms with van der Waals surface area (Å²) < 4.78 is 71.9. The molecule has 8 rings (SSSR count). The number of esters is 3. The van der Waals surface area contributed by atoms with Crippen molar-refractivity contribution in [3.05, 3.63) is 108 Å². The summed E-state index contributed by atoms with van der Waals surface area (Å²) in [6.45, 7) is -6.65. The Hall–Kier alpha value is -5.77. The highest BCUT2D eigenvalue weighted by atomic mass is 16.8.